The number of hydrogen-bond donors (Lipinski definition) is 1. The molecule has 1 aliphatic heterocycles. The van der Waals surface area contributed by atoms with E-state index in [1.165, 1.54) is 13.1 Å². The van der Waals surface area contributed by atoms with Crippen LogP contribution in [-0.4, -0.2) is 45.7 Å². The Labute approximate surface area is 157 Å². The van der Waals surface area contributed by atoms with Crippen LogP contribution in [0.1, 0.15) is 54.8 Å². The number of amides is 1. The summed E-state index contributed by atoms with van der Waals surface area (Å²) in [7, 11) is 1.50. The number of benzene rings is 1. The van der Waals surface area contributed by atoms with Crippen molar-refractivity contribution in [1.82, 2.24) is 20.1 Å². The van der Waals surface area contributed by atoms with Crippen molar-refractivity contribution in [2.45, 2.75) is 38.6 Å². The highest BCUT2D eigenvalue weighted by Crippen LogP contribution is 2.35. The van der Waals surface area contributed by atoms with E-state index in [0.717, 1.165) is 25.2 Å². The van der Waals surface area contributed by atoms with E-state index in [1.807, 2.05) is 4.90 Å². The molecule has 144 valence electrons. The van der Waals surface area contributed by atoms with Gasteiger partial charge in [0.05, 0.1) is 4.92 Å². The quantitative estimate of drug-likeness (QED) is 0.638. The van der Waals surface area contributed by atoms with Gasteiger partial charge < -0.3 is 14.8 Å². The summed E-state index contributed by atoms with van der Waals surface area (Å²) in [5.74, 6) is 0.729. The normalized spacial score (nSPS) is 17.2. The summed E-state index contributed by atoms with van der Waals surface area (Å²) in [4.78, 5) is 25.0. The number of nitro groups is 1. The van der Waals surface area contributed by atoms with Crippen molar-refractivity contribution in [2.24, 2.45) is 0 Å². The Kier molecular flexibility index (Phi) is 5.38. The topological polar surface area (TPSA) is 106 Å². The summed E-state index contributed by atoms with van der Waals surface area (Å²) in [5.41, 5.74) is 0.760. The minimum absolute atomic E-state index is 0.0536. The Hall–Kier alpha value is -2.97. The number of aromatic nitrogens is 3. The van der Waals surface area contributed by atoms with E-state index in [1.54, 1.807) is 18.5 Å². The third kappa shape index (κ3) is 3.76. The Morgan fingerprint density at radius 1 is 1.41 bits per heavy atom. The largest absolute Gasteiger partial charge is 0.365 e. The molecule has 1 aromatic heterocycles. The van der Waals surface area contributed by atoms with Crippen molar-refractivity contribution in [1.29, 1.82) is 0 Å². The monoisotopic (exact) mass is 372 g/mol. The van der Waals surface area contributed by atoms with E-state index in [9.17, 15) is 14.9 Å². The summed E-state index contributed by atoms with van der Waals surface area (Å²) in [6.45, 7) is 5.52. The van der Waals surface area contributed by atoms with Crippen LogP contribution in [0.5, 0.6) is 0 Å². The lowest BCUT2D eigenvalue weighted by molar-refractivity contribution is -0.384. The first-order chi connectivity index (χ1) is 12.9. The molecule has 2 aromatic rings. The number of rotatable bonds is 5. The molecule has 0 unspecified atom stereocenters. The van der Waals surface area contributed by atoms with Crippen molar-refractivity contribution >= 4 is 17.3 Å². The lowest BCUT2D eigenvalue weighted by Crippen LogP contribution is -2.36. The van der Waals surface area contributed by atoms with Crippen molar-refractivity contribution in [3.63, 3.8) is 0 Å². The number of nitrogens with one attached hydrogen (secondary N) is 1. The fraction of sp³-hybridized carbons (Fsp3) is 0.500. The van der Waals surface area contributed by atoms with Gasteiger partial charge in [-0.2, -0.15) is 0 Å². The van der Waals surface area contributed by atoms with E-state index in [4.69, 9.17) is 0 Å². The van der Waals surface area contributed by atoms with Gasteiger partial charge in [-0.3, -0.25) is 14.9 Å². The summed E-state index contributed by atoms with van der Waals surface area (Å²) in [6, 6.07) is 4.89. The molecule has 1 atom stereocenters. The molecular formula is C18H24N6O3. The zero-order chi connectivity index (χ0) is 19.6. The number of nitrogens with zero attached hydrogens (tertiary/aromatic N) is 5. The van der Waals surface area contributed by atoms with Gasteiger partial charge in [0, 0.05) is 43.7 Å². The molecule has 0 saturated carbocycles. The Morgan fingerprint density at radius 2 is 2.19 bits per heavy atom. The molecule has 0 aliphatic carbocycles. The van der Waals surface area contributed by atoms with Crippen molar-refractivity contribution in [3.05, 3.63) is 46.0 Å². The summed E-state index contributed by atoms with van der Waals surface area (Å²) < 4.78 is 2.05. The average molecular weight is 372 g/mol. The highest BCUT2D eigenvalue weighted by molar-refractivity contribution is 5.95. The maximum absolute atomic E-state index is 11.8. The molecule has 1 N–H and O–H groups in total. The highest BCUT2D eigenvalue weighted by Gasteiger charge is 2.29. The predicted octanol–water partition coefficient (Wildman–Crippen LogP) is 2.51. The van der Waals surface area contributed by atoms with Crippen LogP contribution in [0, 0.1) is 10.1 Å². The maximum atomic E-state index is 11.8. The van der Waals surface area contributed by atoms with Crippen LogP contribution in [-0.2, 0) is 0 Å². The van der Waals surface area contributed by atoms with E-state index < -0.39 is 4.92 Å². The van der Waals surface area contributed by atoms with E-state index in [0.29, 0.717) is 12.2 Å². The van der Waals surface area contributed by atoms with Gasteiger partial charge in [0.1, 0.15) is 17.8 Å². The first kappa shape index (κ1) is 18.8. The first-order valence-electron chi connectivity index (χ1n) is 9.07. The summed E-state index contributed by atoms with van der Waals surface area (Å²) in [6.07, 6.45) is 3.61. The lowest BCUT2D eigenvalue weighted by atomic mass is 9.96. The van der Waals surface area contributed by atoms with Gasteiger partial charge >= 0.3 is 0 Å². The minimum atomic E-state index is -0.429. The summed E-state index contributed by atoms with van der Waals surface area (Å²) >= 11 is 0. The van der Waals surface area contributed by atoms with Crippen molar-refractivity contribution in [2.75, 3.05) is 25.0 Å². The standard InChI is InChI=1S/C18H24N6O3/c1-12(2)23-11-20-21-17(23)14-5-4-8-22(10-14)15-7-6-13(18(25)19-3)9-16(15)24(26)27/h6-7,9,11-12,14H,4-5,8,10H2,1-3H3,(H,19,25)/t14-/m1/s1. The smallest absolute Gasteiger partial charge is 0.293 e. The lowest BCUT2D eigenvalue weighted by Gasteiger charge is -2.34. The molecule has 0 spiro atoms. The second-order valence-electron chi connectivity index (χ2n) is 7.02. The number of carbonyl (C=O) groups is 1. The minimum Gasteiger partial charge on any atom is -0.365 e. The zero-order valence-corrected chi connectivity index (χ0v) is 15.8. The molecule has 1 fully saturated rings. The molecule has 1 aromatic carbocycles. The van der Waals surface area contributed by atoms with Crippen LogP contribution in [0.3, 0.4) is 0 Å². The van der Waals surface area contributed by atoms with Crippen molar-refractivity contribution < 1.29 is 9.72 Å². The van der Waals surface area contributed by atoms with E-state index in [-0.39, 0.29) is 29.1 Å². The molecule has 0 radical (unpaired) electrons. The molecule has 1 saturated heterocycles. The van der Waals surface area contributed by atoms with E-state index >= 15 is 0 Å². The number of anilines is 1. The molecule has 9 nitrogen and oxygen atoms in total. The highest BCUT2D eigenvalue weighted by atomic mass is 16.6. The zero-order valence-electron chi connectivity index (χ0n) is 15.8. The number of carbonyl (C=O) groups excluding carboxylic acids is 1. The number of piperidine rings is 1. The van der Waals surface area contributed by atoms with Crippen LogP contribution in [0.4, 0.5) is 11.4 Å². The second-order valence-corrected chi connectivity index (χ2v) is 7.02. The van der Waals surface area contributed by atoms with Gasteiger partial charge in [0.15, 0.2) is 0 Å². The van der Waals surface area contributed by atoms with Gasteiger partial charge in [-0.25, -0.2) is 0 Å². The predicted molar refractivity (Wildman–Crippen MR) is 101 cm³/mol. The Balaban J connectivity index is 1.91. The van der Waals surface area contributed by atoms with Crippen LogP contribution in [0.15, 0.2) is 24.5 Å². The third-order valence-corrected chi connectivity index (χ3v) is 4.95. The van der Waals surface area contributed by atoms with Gasteiger partial charge in [0.2, 0.25) is 0 Å². The van der Waals surface area contributed by atoms with Gasteiger partial charge in [0.25, 0.3) is 11.6 Å². The molecule has 1 aliphatic rings. The fourth-order valence-corrected chi connectivity index (χ4v) is 3.57. The van der Waals surface area contributed by atoms with Gasteiger partial charge in [-0.05, 0) is 38.8 Å². The van der Waals surface area contributed by atoms with Gasteiger partial charge in [-0.1, -0.05) is 0 Å². The van der Waals surface area contributed by atoms with E-state index in [2.05, 4.69) is 33.9 Å². The molecule has 9 heteroatoms. The van der Waals surface area contributed by atoms with Crippen LogP contribution in [0.2, 0.25) is 0 Å². The molecular weight excluding hydrogens is 348 g/mol. The Morgan fingerprint density at radius 3 is 2.85 bits per heavy atom. The molecule has 27 heavy (non-hydrogen) atoms. The Bertz CT molecular complexity index is 847. The fourth-order valence-electron chi connectivity index (χ4n) is 3.57. The third-order valence-electron chi connectivity index (χ3n) is 4.95. The molecule has 3 rings (SSSR count). The van der Waals surface area contributed by atoms with Crippen LogP contribution < -0.4 is 10.2 Å². The van der Waals surface area contributed by atoms with Gasteiger partial charge in [-0.15, -0.1) is 10.2 Å². The first-order valence-corrected chi connectivity index (χ1v) is 9.07. The molecule has 2 heterocycles. The second kappa shape index (κ2) is 7.73. The average Bonchev–Trinajstić information content (AvgIpc) is 3.17. The maximum Gasteiger partial charge on any atom is 0.293 e. The number of hydrogen-bond acceptors (Lipinski definition) is 6. The van der Waals surface area contributed by atoms with Crippen LogP contribution in [0.25, 0.3) is 0 Å². The SMILES string of the molecule is CNC(=O)c1ccc(N2CCC[C@@H](c3nncn3C(C)C)C2)c([N+](=O)[O-])c1. The summed E-state index contributed by atoms with van der Waals surface area (Å²) in [5, 5.41) is 22.4. The van der Waals surface area contributed by atoms with Crippen LogP contribution >= 0.6 is 0 Å². The molecule has 1 amide bonds. The molecule has 0 bridgehead atoms. The number of nitro benzene ring substituents is 1. The van der Waals surface area contributed by atoms with Crippen molar-refractivity contribution in [3.8, 4) is 0 Å².